The zero-order chi connectivity index (χ0) is 34.8. The maximum absolute atomic E-state index is 13.0. The standard InChI is InChI=1S/C39H70N2O5S/c1-6-9-12-15-16-19-25-34-45-37(42)29-23-20-24-31-41(39(44)47-35-33-40(4)5)32-26-30-38(43)46-36(27-21-17-13-10-7-2)28-22-18-14-11-8-3/h13-14,17-19,25,36H,6-12,15-16,20-24,26-35H2,1-5H3/b17-13+,18-14+,25-19-. The van der Waals surface area contributed by atoms with Crippen molar-refractivity contribution in [1.29, 1.82) is 0 Å². The topological polar surface area (TPSA) is 76.1 Å². The van der Waals surface area contributed by atoms with Gasteiger partial charge in [0.1, 0.15) is 12.7 Å². The van der Waals surface area contributed by atoms with Gasteiger partial charge in [-0.15, -0.1) is 0 Å². The average Bonchev–Trinajstić information content (AvgIpc) is 3.04. The highest BCUT2D eigenvalue weighted by Crippen LogP contribution is 2.16. The van der Waals surface area contributed by atoms with Crippen LogP contribution in [0.2, 0.25) is 0 Å². The largest absolute Gasteiger partial charge is 0.462 e. The molecule has 0 aliphatic rings. The molecule has 47 heavy (non-hydrogen) atoms. The van der Waals surface area contributed by atoms with Crippen molar-refractivity contribution in [1.82, 2.24) is 9.80 Å². The molecule has 0 aromatic heterocycles. The van der Waals surface area contributed by atoms with Gasteiger partial charge >= 0.3 is 11.9 Å². The summed E-state index contributed by atoms with van der Waals surface area (Å²) in [6.45, 7) is 8.87. The van der Waals surface area contributed by atoms with Gasteiger partial charge in [-0.1, -0.05) is 108 Å². The minimum atomic E-state index is -0.178. The molecule has 0 heterocycles. The highest BCUT2D eigenvalue weighted by atomic mass is 32.2. The second-order valence-corrected chi connectivity index (χ2v) is 13.7. The van der Waals surface area contributed by atoms with Crippen LogP contribution in [0.5, 0.6) is 0 Å². The van der Waals surface area contributed by atoms with E-state index in [4.69, 9.17) is 9.47 Å². The molecule has 0 aliphatic heterocycles. The number of hydrogen-bond acceptors (Lipinski definition) is 7. The van der Waals surface area contributed by atoms with E-state index in [1.807, 2.05) is 25.1 Å². The number of esters is 2. The fourth-order valence-electron chi connectivity index (χ4n) is 4.83. The summed E-state index contributed by atoms with van der Waals surface area (Å²) in [4.78, 5) is 41.9. The van der Waals surface area contributed by atoms with Crippen LogP contribution < -0.4 is 0 Å². The van der Waals surface area contributed by atoms with Crippen molar-refractivity contribution in [2.75, 3.05) is 46.1 Å². The Morgan fingerprint density at radius 1 is 0.617 bits per heavy atom. The maximum atomic E-state index is 13.0. The number of nitrogens with zero attached hydrogens (tertiary/aromatic N) is 2. The molecule has 0 aliphatic carbocycles. The first-order valence-corrected chi connectivity index (χ1v) is 19.7. The lowest BCUT2D eigenvalue weighted by molar-refractivity contribution is -0.149. The van der Waals surface area contributed by atoms with Crippen LogP contribution in [0.1, 0.15) is 143 Å². The molecule has 272 valence electrons. The van der Waals surface area contributed by atoms with E-state index in [-0.39, 0.29) is 23.3 Å². The predicted molar refractivity (Wildman–Crippen MR) is 201 cm³/mol. The molecular formula is C39H70N2O5S. The van der Waals surface area contributed by atoms with Crippen LogP contribution in [-0.4, -0.2) is 79.2 Å². The molecule has 0 fully saturated rings. The van der Waals surface area contributed by atoms with Crippen molar-refractivity contribution in [3.8, 4) is 0 Å². The molecule has 0 aromatic rings. The lowest BCUT2D eigenvalue weighted by atomic mass is 10.1. The summed E-state index contributed by atoms with van der Waals surface area (Å²) in [5.41, 5.74) is 0. The van der Waals surface area contributed by atoms with Crippen molar-refractivity contribution in [2.24, 2.45) is 0 Å². The Morgan fingerprint density at radius 3 is 1.85 bits per heavy atom. The summed E-state index contributed by atoms with van der Waals surface area (Å²) in [5, 5.41) is 0.0525. The van der Waals surface area contributed by atoms with Gasteiger partial charge in [-0.25, -0.2) is 0 Å². The van der Waals surface area contributed by atoms with Crippen LogP contribution in [0.4, 0.5) is 4.79 Å². The van der Waals surface area contributed by atoms with E-state index in [0.717, 1.165) is 89.3 Å². The Balaban J connectivity index is 4.69. The lowest BCUT2D eigenvalue weighted by Gasteiger charge is -2.23. The van der Waals surface area contributed by atoms with Crippen molar-refractivity contribution in [2.45, 2.75) is 149 Å². The molecule has 7 nitrogen and oxygen atoms in total. The van der Waals surface area contributed by atoms with Gasteiger partial charge in [0.05, 0.1) is 0 Å². The molecular weight excluding hydrogens is 609 g/mol. The van der Waals surface area contributed by atoms with Gasteiger partial charge in [-0.05, 0) is 84.7 Å². The smallest absolute Gasteiger partial charge is 0.306 e. The number of carbonyl (C=O) groups excluding carboxylic acids is 3. The average molecular weight is 679 g/mol. The maximum Gasteiger partial charge on any atom is 0.306 e. The van der Waals surface area contributed by atoms with Gasteiger partial charge in [0, 0.05) is 38.2 Å². The SMILES string of the molecule is CCC/C=C/CCC(CC/C=C/CCC)OC(=O)CCCN(CCCCCC(=O)OC/C=C\CCCCCC)C(=O)SCCN(C)C. The molecule has 0 N–H and O–H groups in total. The summed E-state index contributed by atoms with van der Waals surface area (Å²) >= 11 is 1.33. The Hall–Kier alpha value is -2.06. The molecule has 0 radical (unpaired) electrons. The van der Waals surface area contributed by atoms with E-state index in [0.29, 0.717) is 39.0 Å². The molecule has 8 heteroatoms. The van der Waals surface area contributed by atoms with Crippen molar-refractivity contribution >= 4 is 28.9 Å². The van der Waals surface area contributed by atoms with Gasteiger partial charge in [0.25, 0.3) is 5.24 Å². The Bertz CT molecular complexity index is 838. The quantitative estimate of drug-likeness (QED) is 0.0410. The highest BCUT2D eigenvalue weighted by Gasteiger charge is 2.17. The molecule has 0 rings (SSSR count). The first kappa shape index (κ1) is 44.9. The summed E-state index contributed by atoms with van der Waals surface area (Å²) in [5.74, 6) is 0.381. The highest BCUT2D eigenvalue weighted by molar-refractivity contribution is 8.13. The van der Waals surface area contributed by atoms with Crippen LogP contribution in [-0.2, 0) is 19.1 Å². The Kier molecular flexibility index (Phi) is 32.3. The third-order valence-electron chi connectivity index (χ3n) is 7.72. The van der Waals surface area contributed by atoms with E-state index in [1.54, 1.807) is 0 Å². The van der Waals surface area contributed by atoms with Crippen LogP contribution in [0.15, 0.2) is 36.5 Å². The summed E-state index contributed by atoms with van der Waals surface area (Å²) in [6.07, 6.45) is 30.4. The Labute approximate surface area is 293 Å². The second-order valence-electron chi connectivity index (χ2n) is 12.6. The number of carbonyl (C=O) groups is 3. The van der Waals surface area contributed by atoms with Gasteiger partial charge in [-0.3, -0.25) is 14.4 Å². The van der Waals surface area contributed by atoms with Gasteiger partial charge in [-0.2, -0.15) is 0 Å². The van der Waals surface area contributed by atoms with E-state index < -0.39 is 0 Å². The van der Waals surface area contributed by atoms with Crippen LogP contribution >= 0.6 is 11.8 Å². The summed E-state index contributed by atoms with van der Waals surface area (Å²) < 4.78 is 11.3. The zero-order valence-corrected chi connectivity index (χ0v) is 31.7. The van der Waals surface area contributed by atoms with E-state index >= 15 is 0 Å². The summed E-state index contributed by atoms with van der Waals surface area (Å²) in [6, 6.07) is 0. The van der Waals surface area contributed by atoms with Crippen LogP contribution in [0.25, 0.3) is 0 Å². The molecule has 0 atom stereocenters. The third-order valence-corrected chi connectivity index (χ3v) is 8.62. The van der Waals surface area contributed by atoms with Gasteiger partial charge in [0.2, 0.25) is 0 Å². The van der Waals surface area contributed by atoms with Crippen LogP contribution in [0.3, 0.4) is 0 Å². The van der Waals surface area contributed by atoms with Gasteiger partial charge in [0.15, 0.2) is 0 Å². The first-order chi connectivity index (χ1) is 22.8. The molecule has 0 saturated heterocycles. The second kappa shape index (κ2) is 33.8. The van der Waals surface area contributed by atoms with E-state index in [2.05, 4.69) is 56.1 Å². The fourth-order valence-corrected chi connectivity index (χ4v) is 5.82. The van der Waals surface area contributed by atoms with E-state index in [9.17, 15) is 14.4 Å². The molecule has 0 saturated carbocycles. The Morgan fingerprint density at radius 2 is 1.21 bits per heavy atom. The van der Waals surface area contributed by atoms with Gasteiger partial charge < -0.3 is 19.3 Å². The number of ether oxygens (including phenoxy) is 2. The minimum absolute atomic E-state index is 0.0525. The number of amides is 1. The number of unbranched alkanes of at least 4 members (excludes halogenated alkanes) is 8. The van der Waals surface area contributed by atoms with E-state index in [1.165, 1.54) is 37.4 Å². The predicted octanol–water partition coefficient (Wildman–Crippen LogP) is 10.3. The molecule has 0 unspecified atom stereocenters. The monoisotopic (exact) mass is 679 g/mol. The molecule has 0 aromatic carbocycles. The number of allylic oxidation sites excluding steroid dienone is 5. The number of hydrogen-bond donors (Lipinski definition) is 0. The molecule has 0 bridgehead atoms. The minimum Gasteiger partial charge on any atom is -0.462 e. The summed E-state index contributed by atoms with van der Waals surface area (Å²) in [7, 11) is 4.00. The van der Waals surface area contributed by atoms with Crippen molar-refractivity contribution in [3.63, 3.8) is 0 Å². The molecule has 1 amide bonds. The fraction of sp³-hybridized carbons (Fsp3) is 0.769. The number of rotatable bonds is 31. The third kappa shape index (κ3) is 31.0. The first-order valence-electron chi connectivity index (χ1n) is 18.7. The van der Waals surface area contributed by atoms with Crippen molar-refractivity contribution in [3.05, 3.63) is 36.5 Å². The molecule has 0 spiro atoms. The number of thioether (sulfide) groups is 1. The zero-order valence-electron chi connectivity index (χ0n) is 30.9. The normalized spacial score (nSPS) is 11.9. The lowest BCUT2D eigenvalue weighted by Crippen LogP contribution is -2.31. The van der Waals surface area contributed by atoms with Crippen LogP contribution in [0, 0.1) is 0 Å². The van der Waals surface area contributed by atoms with Crippen molar-refractivity contribution < 1.29 is 23.9 Å².